The maximum atomic E-state index is 12.4. The van der Waals surface area contributed by atoms with Crippen LogP contribution in [0.25, 0.3) is 0 Å². The van der Waals surface area contributed by atoms with Gasteiger partial charge in [0.25, 0.3) is 5.91 Å². The first kappa shape index (κ1) is 18.6. The number of ether oxygens (including phenoxy) is 2. The Morgan fingerprint density at radius 1 is 1.12 bits per heavy atom. The van der Waals surface area contributed by atoms with E-state index in [1.54, 1.807) is 37.4 Å². The summed E-state index contributed by atoms with van der Waals surface area (Å²) in [4.78, 5) is 12.9. The molecule has 0 atom stereocenters. The van der Waals surface area contributed by atoms with Crippen LogP contribution in [0.1, 0.15) is 15.2 Å². The number of nitrogens with one attached hydrogen (secondary N) is 1. The molecule has 0 spiro atoms. The Balaban J connectivity index is 1.63. The second-order valence-electron chi connectivity index (χ2n) is 5.34. The number of rotatable bonds is 6. The summed E-state index contributed by atoms with van der Waals surface area (Å²) in [5, 5.41) is 5.36. The zero-order chi connectivity index (χ0) is 18.5. The molecule has 0 radical (unpaired) electrons. The second-order valence-corrected chi connectivity index (χ2v) is 7.04. The smallest absolute Gasteiger partial charge is 0.265 e. The molecule has 3 aromatic rings. The fourth-order valence-corrected chi connectivity index (χ4v) is 3.35. The number of amides is 1. The van der Waals surface area contributed by atoms with Gasteiger partial charge in [0.1, 0.15) is 18.1 Å². The third-order valence-electron chi connectivity index (χ3n) is 3.52. The van der Waals surface area contributed by atoms with E-state index in [2.05, 4.69) is 5.32 Å². The number of hydrogen-bond donors (Lipinski definition) is 1. The third-order valence-corrected chi connectivity index (χ3v) is 5.32. The van der Waals surface area contributed by atoms with Gasteiger partial charge >= 0.3 is 0 Å². The van der Waals surface area contributed by atoms with Gasteiger partial charge in [0.15, 0.2) is 0 Å². The first-order valence-electron chi connectivity index (χ1n) is 7.66. The topological polar surface area (TPSA) is 47.6 Å². The lowest BCUT2D eigenvalue weighted by atomic mass is 10.3. The normalized spacial score (nSPS) is 10.4. The molecule has 0 saturated heterocycles. The molecular weight excluding hydrogens is 393 g/mol. The molecule has 0 bridgehead atoms. The van der Waals surface area contributed by atoms with Crippen molar-refractivity contribution in [2.24, 2.45) is 0 Å². The average molecular weight is 408 g/mol. The summed E-state index contributed by atoms with van der Waals surface area (Å²) >= 11 is 13.4. The molecule has 1 aromatic heterocycles. The monoisotopic (exact) mass is 407 g/mol. The van der Waals surface area contributed by atoms with Crippen molar-refractivity contribution in [1.82, 2.24) is 0 Å². The number of carbonyl (C=O) groups is 1. The molecule has 1 N–H and O–H groups in total. The molecule has 1 amide bonds. The van der Waals surface area contributed by atoms with Crippen LogP contribution in [0.4, 0.5) is 5.69 Å². The molecular formula is C19H15Cl2NO3S. The zero-order valence-electron chi connectivity index (χ0n) is 13.8. The molecule has 134 valence electrons. The van der Waals surface area contributed by atoms with Crippen molar-refractivity contribution < 1.29 is 14.3 Å². The van der Waals surface area contributed by atoms with Gasteiger partial charge in [0, 0.05) is 11.6 Å². The van der Waals surface area contributed by atoms with Gasteiger partial charge in [-0.1, -0.05) is 35.3 Å². The van der Waals surface area contributed by atoms with E-state index in [9.17, 15) is 4.79 Å². The molecule has 26 heavy (non-hydrogen) atoms. The van der Waals surface area contributed by atoms with Crippen LogP contribution in [-0.4, -0.2) is 13.0 Å². The highest BCUT2D eigenvalue weighted by molar-refractivity contribution is 7.12. The Labute approximate surface area is 165 Å². The first-order valence-corrected chi connectivity index (χ1v) is 9.30. The first-order chi connectivity index (χ1) is 12.6. The van der Waals surface area contributed by atoms with Gasteiger partial charge in [-0.15, -0.1) is 11.3 Å². The lowest BCUT2D eigenvalue weighted by Crippen LogP contribution is -2.10. The summed E-state index contributed by atoms with van der Waals surface area (Å²) in [7, 11) is 1.61. The predicted octanol–water partition coefficient (Wildman–Crippen LogP) is 5.89. The summed E-state index contributed by atoms with van der Waals surface area (Å²) in [6.07, 6.45) is 0. The van der Waals surface area contributed by atoms with E-state index in [0.29, 0.717) is 33.0 Å². The number of benzene rings is 2. The maximum Gasteiger partial charge on any atom is 0.265 e. The molecule has 0 unspecified atom stereocenters. The van der Waals surface area contributed by atoms with Crippen LogP contribution >= 0.6 is 34.5 Å². The Bertz CT molecular complexity index is 927. The minimum atomic E-state index is -0.244. The number of methoxy groups -OCH3 is 1. The summed E-state index contributed by atoms with van der Waals surface area (Å²) in [5.74, 6) is 1.19. The van der Waals surface area contributed by atoms with E-state index in [4.69, 9.17) is 32.7 Å². The zero-order valence-corrected chi connectivity index (χ0v) is 16.1. The van der Waals surface area contributed by atoms with E-state index in [1.807, 2.05) is 23.6 Å². The van der Waals surface area contributed by atoms with E-state index < -0.39 is 0 Å². The van der Waals surface area contributed by atoms with Crippen molar-refractivity contribution in [3.8, 4) is 11.5 Å². The molecule has 7 heteroatoms. The minimum Gasteiger partial charge on any atom is -0.497 e. The van der Waals surface area contributed by atoms with Crippen LogP contribution in [0.5, 0.6) is 11.5 Å². The van der Waals surface area contributed by atoms with Crippen molar-refractivity contribution in [1.29, 1.82) is 0 Å². The standard InChI is InChI=1S/C19H15Cl2NO3S/c1-24-13-4-2-5-14(9-13)25-10-12-8-17(26-11-12)19(23)22-16-7-3-6-15(20)18(16)21/h2-9,11H,10H2,1H3,(H,22,23). The van der Waals surface area contributed by atoms with Crippen molar-refractivity contribution >= 4 is 46.1 Å². The molecule has 0 fully saturated rings. The molecule has 0 aliphatic rings. The van der Waals surface area contributed by atoms with Crippen LogP contribution in [-0.2, 0) is 6.61 Å². The number of anilines is 1. The van der Waals surface area contributed by atoms with Crippen molar-refractivity contribution in [2.45, 2.75) is 6.61 Å². The Morgan fingerprint density at radius 2 is 1.88 bits per heavy atom. The highest BCUT2D eigenvalue weighted by Crippen LogP contribution is 2.30. The van der Waals surface area contributed by atoms with Crippen LogP contribution in [0.15, 0.2) is 53.9 Å². The lowest BCUT2D eigenvalue weighted by molar-refractivity contribution is 0.103. The van der Waals surface area contributed by atoms with Gasteiger partial charge in [-0.25, -0.2) is 0 Å². The molecule has 3 rings (SSSR count). The second kappa shape index (κ2) is 8.45. The quantitative estimate of drug-likeness (QED) is 0.553. The van der Waals surface area contributed by atoms with Gasteiger partial charge < -0.3 is 14.8 Å². The summed E-state index contributed by atoms with van der Waals surface area (Å²) in [6, 6.07) is 14.2. The molecule has 1 heterocycles. The molecule has 4 nitrogen and oxygen atoms in total. The van der Waals surface area contributed by atoms with Crippen molar-refractivity contribution in [2.75, 3.05) is 12.4 Å². The van der Waals surface area contributed by atoms with Crippen LogP contribution in [0.3, 0.4) is 0 Å². The molecule has 0 saturated carbocycles. The van der Waals surface area contributed by atoms with Crippen molar-refractivity contribution in [3.05, 3.63) is 74.4 Å². The largest absolute Gasteiger partial charge is 0.497 e. The fraction of sp³-hybridized carbons (Fsp3) is 0.105. The van der Waals surface area contributed by atoms with Gasteiger partial charge in [-0.3, -0.25) is 4.79 Å². The Morgan fingerprint density at radius 3 is 2.69 bits per heavy atom. The summed E-state index contributed by atoms with van der Waals surface area (Å²) in [5.41, 5.74) is 1.38. The molecule has 2 aromatic carbocycles. The van der Waals surface area contributed by atoms with E-state index in [0.717, 1.165) is 11.3 Å². The van der Waals surface area contributed by atoms with E-state index in [1.165, 1.54) is 11.3 Å². The summed E-state index contributed by atoms with van der Waals surface area (Å²) < 4.78 is 10.9. The lowest BCUT2D eigenvalue weighted by Gasteiger charge is -2.07. The third kappa shape index (κ3) is 4.49. The van der Waals surface area contributed by atoms with Gasteiger partial charge in [-0.05, 0) is 35.7 Å². The number of thiophene rings is 1. The van der Waals surface area contributed by atoms with Crippen LogP contribution < -0.4 is 14.8 Å². The maximum absolute atomic E-state index is 12.4. The highest BCUT2D eigenvalue weighted by Gasteiger charge is 2.13. The SMILES string of the molecule is COc1cccc(OCc2csc(C(=O)Nc3cccc(Cl)c3Cl)c2)c1. The highest BCUT2D eigenvalue weighted by atomic mass is 35.5. The van der Waals surface area contributed by atoms with Crippen LogP contribution in [0, 0.1) is 0 Å². The number of hydrogen-bond acceptors (Lipinski definition) is 4. The Kier molecular flexibility index (Phi) is 6.04. The predicted molar refractivity (Wildman–Crippen MR) is 106 cm³/mol. The number of carbonyl (C=O) groups excluding carboxylic acids is 1. The van der Waals surface area contributed by atoms with Crippen LogP contribution in [0.2, 0.25) is 10.0 Å². The van der Waals surface area contributed by atoms with E-state index >= 15 is 0 Å². The molecule has 0 aliphatic carbocycles. The van der Waals surface area contributed by atoms with E-state index in [-0.39, 0.29) is 5.91 Å². The van der Waals surface area contributed by atoms with Gasteiger partial charge in [0.05, 0.1) is 27.7 Å². The van der Waals surface area contributed by atoms with Gasteiger partial charge in [-0.2, -0.15) is 0 Å². The molecule has 0 aliphatic heterocycles. The average Bonchev–Trinajstić information content (AvgIpc) is 3.13. The Hall–Kier alpha value is -2.21. The van der Waals surface area contributed by atoms with Crippen molar-refractivity contribution in [3.63, 3.8) is 0 Å². The fourth-order valence-electron chi connectivity index (χ4n) is 2.21. The number of halogens is 2. The minimum absolute atomic E-state index is 0.244. The summed E-state index contributed by atoms with van der Waals surface area (Å²) in [6.45, 7) is 0.356. The van der Waals surface area contributed by atoms with Gasteiger partial charge in [0.2, 0.25) is 0 Å².